The summed E-state index contributed by atoms with van der Waals surface area (Å²) in [5.74, 6) is -1.01. The Morgan fingerprint density at radius 1 is 1.24 bits per heavy atom. The van der Waals surface area contributed by atoms with E-state index >= 15 is 0 Å². The quantitative estimate of drug-likeness (QED) is 0.464. The molecule has 3 aromatic heterocycles. The maximum atomic E-state index is 11.6. The second-order valence-corrected chi connectivity index (χ2v) is 8.49. The van der Waals surface area contributed by atoms with Gasteiger partial charge in [0.25, 0.3) is 0 Å². The van der Waals surface area contributed by atoms with Crippen molar-refractivity contribution in [1.29, 1.82) is 0 Å². The lowest BCUT2D eigenvalue weighted by molar-refractivity contribution is -0.114. The van der Waals surface area contributed by atoms with Gasteiger partial charge in [-0.15, -0.1) is 0 Å². The van der Waals surface area contributed by atoms with Gasteiger partial charge in [-0.2, -0.15) is 5.10 Å². The summed E-state index contributed by atoms with van der Waals surface area (Å²) < 4.78 is 7.12. The number of aryl methyl sites for hydroxylation is 1. The molecule has 0 saturated heterocycles. The number of pyridine rings is 1. The fourth-order valence-electron chi connectivity index (χ4n) is 3.98. The molecular formula is C23H19N5O4S. The summed E-state index contributed by atoms with van der Waals surface area (Å²) >= 11 is 1.40. The summed E-state index contributed by atoms with van der Waals surface area (Å²) in [6, 6.07) is 8.69. The lowest BCUT2D eigenvalue weighted by Gasteiger charge is -2.15. The Hall–Kier alpha value is -4.05. The SMILES string of the molecule is COc1cc(-n2nc(-c3cccnc3)c3c2-c2sc(NC(C)=O)nc2CC3)ccc1C(=O)O. The van der Waals surface area contributed by atoms with Gasteiger partial charge in [0.1, 0.15) is 11.3 Å². The van der Waals surface area contributed by atoms with E-state index in [0.29, 0.717) is 10.8 Å². The molecule has 0 aliphatic heterocycles. The summed E-state index contributed by atoms with van der Waals surface area (Å²) in [5.41, 5.74) is 5.23. The molecule has 0 saturated carbocycles. The zero-order valence-electron chi connectivity index (χ0n) is 17.8. The van der Waals surface area contributed by atoms with Gasteiger partial charge in [0, 0.05) is 36.5 Å². The molecule has 0 unspecified atom stereocenters. The highest BCUT2D eigenvalue weighted by atomic mass is 32.1. The Kier molecular flexibility index (Phi) is 5.14. The molecule has 4 aromatic rings. The molecule has 0 bridgehead atoms. The van der Waals surface area contributed by atoms with Crippen molar-refractivity contribution >= 4 is 28.3 Å². The van der Waals surface area contributed by atoms with Crippen LogP contribution in [0.15, 0.2) is 42.7 Å². The highest BCUT2D eigenvalue weighted by Gasteiger charge is 2.30. The first-order valence-electron chi connectivity index (χ1n) is 10.2. The molecule has 0 atom stereocenters. The van der Waals surface area contributed by atoms with Crippen LogP contribution in [-0.2, 0) is 17.6 Å². The number of fused-ring (bicyclic) bond motifs is 3. The number of aromatic nitrogens is 4. The van der Waals surface area contributed by atoms with E-state index < -0.39 is 5.97 Å². The van der Waals surface area contributed by atoms with Crippen molar-refractivity contribution in [3.05, 3.63) is 59.5 Å². The molecule has 2 N–H and O–H groups in total. The largest absolute Gasteiger partial charge is 0.496 e. The number of aromatic carboxylic acids is 1. The zero-order valence-corrected chi connectivity index (χ0v) is 18.6. The third-order valence-corrected chi connectivity index (χ3v) is 6.41. The Balaban J connectivity index is 1.74. The number of carboxylic acid groups (broad SMARTS) is 1. The Labute approximate surface area is 192 Å². The lowest BCUT2D eigenvalue weighted by Crippen LogP contribution is -2.07. The Bertz CT molecular complexity index is 1390. The van der Waals surface area contributed by atoms with Crippen LogP contribution in [0.25, 0.3) is 27.5 Å². The van der Waals surface area contributed by atoms with E-state index in [1.165, 1.54) is 31.4 Å². The predicted octanol–water partition coefficient (Wildman–Crippen LogP) is 3.82. The first-order valence-corrected chi connectivity index (χ1v) is 11.0. The molecule has 1 aliphatic carbocycles. The standard InChI is InChI=1S/C23H19N5O4S/c1-12(29)25-23-26-17-8-7-16-19(13-4-3-9-24-11-13)27-28(20(16)21(17)33-23)14-5-6-15(22(30)31)18(10-14)32-2/h3-6,9-11H,7-8H2,1-2H3,(H,30,31)(H,25,26,29). The molecule has 5 rings (SSSR count). The summed E-state index contributed by atoms with van der Waals surface area (Å²) in [6.07, 6.45) is 4.92. The molecule has 9 nitrogen and oxygen atoms in total. The fourth-order valence-corrected chi connectivity index (χ4v) is 5.10. The zero-order chi connectivity index (χ0) is 23.1. The van der Waals surface area contributed by atoms with Crippen LogP contribution < -0.4 is 10.1 Å². The van der Waals surface area contributed by atoms with Crippen LogP contribution in [0, 0.1) is 0 Å². The van der Waals surface area contributed by atoms with Crippen LogP contribution in [0.4, 0.5) is 5.13 Å². The molecule has 3 heterocycles. The second kappa shape index (κ2) is 8.14. The van der Waals surface area contributed by atoms with Crippen LogP contribution in [0.2, 0.25) is 0 Å². The normalized spacial score (nSPS) is 12.1. The van der Waals surface area contributed by atoms with Gasteiger partial charge in [0.15, 0.2) is 5.13 Å². The van der Waals surface area contributed by atoms with Crippen LogP contribution in [0.5, 0.6) is 5.75 Å². The van der Waals surface area contributed by atoms with E-state index in [-0.39, 0.29) is 17.2 Å². The summed E-state index contributed by atoms with van der Waals surface area (Å²) in [4.78, 5) is 32.9. The number of carbonyl (C=O) groups is 2. The van der Waals surface area contributed by atoms with Crippen LogP contribution in [0.1, 0.15) is 28.5 Å². The minimum absolute atomic E-state index is 0.0705. The molecule has 0 radical (unpaired) electrons. The number of benzene rings is 1. The van der Waals surface area contributed by atoms with Gasteiger partial charge in [0.05, 0.1) is 34.8 Å². The maximum Gasteiger partial charge on any atom is 0.339 e. The van der Waals surface area contributed by atoms with Gasteiger partial charge in [-0.25, -0.2) is 14.5 Å². The molecule has 1 amide bonds. The number of carbonyl (C=O) groups excluding carboxylic acids is 1. The summed E-state index contributed by atoms with van der Waals surface area (Å²) in [7, 11) is 1.44. The van der Waals surface area contributed by atoms with E-state index in [9.17, 15) is 14.7 Å². The van der Waals surface area contributed by atoms with Crippen LogP contribution >= 0.6 is 11.3 Å². The van der Waals surface area contributed by atoms with Gasteiger partial charge in [-0.05, 0) is 37.1 Å². The van der Waals surface area contributed by atoms with Crippen molar-refractivity contribution in [2.75, 3.05) is 12.4 Å². The van der Waals surface area contributed by atoms with Gasteiger partial charge in [0.2, 0.25) is 5.91 Å². The van der Waals surface area contributed by atoms with E-state index in [4.69, 9.17) is 9.84 Å². The average Bonchev–Trinajstić information content (AvgIpc) is 3.39. The number of nitrogens with zero attached hydrogens (tertiary/aromatic N) is 4. The van der Waals surface area contributed by atoms with Gasteiger partial charge in [-0.3, -0.25) is 9.78 Å². The highest BCUT2D eigenvalue weighted by molar-refractivity contribution is 7.19. The minimum Gasteiger partial charge on any atom is -0.496 e. The van der Waals surface area contributed by atoms with E-state index in [2.05, 4.69) is 15.3 Å². The number of hydrogen-bond acceptors (Lipinski definition) is 7. The number of amides is 1. The van der Waals surface area contributed by atoms with Crippen LogP contribution in [-0.4, -0.2) is 43.8 Å². The first kappa shape index (κ1) is 20.8. The average molecular weight is 462 g/mol. The van der Waals surface area contributed by atoms with E-state index in [0.717, 1.165) is 45.9 Å². The number of rotatable bonds is 5. The molecular weight excluding hydrogens is 442 g/mol. The van der Waals surface area contributed by atoms with Crippen molar-refractivity contribution < 1.29 is 19.4 Å². The number of thiazole rings is 1. The number of anilines is 1. The Morgan fingerprint density at radius 3 is 2.79 bits per heavy atom. The van der Waals surface area contributed by atoms with Gasteiger partial charge in [-0.1, -0.05) is 11.3 Å². The molecule has 10 heteroatoms. The van der Waals surface area contributed by atoms with Gasteiger partial charge >= 0.3 is 5.97 Å². The van der Waals surface area contributed by atoms with Crippen molar-refractivity contribution in [1.82, 2.24) is 19.7 Å². The second-order valence-electron chi connectivity index (χ2n) is 7.50. The third-order valence-electron chi connectivity index (χ3n) is 5.39. The monoisotopic (exact) mass is 461 g/mol. The molecule has 1 aromatic carbocycles. The molecule has 0 spiro atoms. The highest BCUT2D eigenvalue weighted by Crippen LogP contribution is 2.44. The molecule has 1 aliphatic rings. The van der Waals surface area contributed by atoms with Crippen molar-refractivity contribution in [3.8, 4) is 33.3 Å². The molecule has 0 fully saturated rings. The van der Waals surface area contributed by atoms with Crippen LogP contribution in [0.3, 0.4) is 0 Å². The van der Waals surface area contributed by atoms with E-state index in [1.54, 1.807) is 29.2 Å². The summed E-state index contributed by atoms with van der Waals surface area (Å²) in [6.45, 7) is 1.45. The van der Waals surface area contributed by atoms with Gasteiger partial charge < -0.3 is 15.2 Å². The lowest BCUT2D eigenvalue weighted by atomic mass is 9.95. The number of nitrogens with one attached hydrogen (secondary N) is 1. The molecule has 166 valence electrons. The number of ether oxygens (including phenoxy) is 1. The number of carboxylic acids is 1. The first-order chi connectivity index (χ1) is 16.0. The van der Waals surface area contributed by atoms with Crippen molar-refractivity contribution in [3.63, 3.8) is 0 Å². The number of hydrogen-bond donors (Lipinski definition) is 2. The van der Waals surface area contributed by atoms with E-state index in [1.807, 2.05) is 12.1 Å². The minimum atomic E-state index is -1.07. The predicted molar refractivity (Wildman–Crippen MR) is 123 cm³/mol. The molecule has 33 heavy (non-hydrogen) atoms. The Morgan fingerprint density at radius 2 is 2.09 bits per heavy atom. The van der Waals surface area contributed by atoms with Crippen molar-refractivity contribution in [2.45, 2.75) is 19.8 Å². The maximum absolute atomic E-state index is 11.6. The topological polar surface area (TPSA) is 119 Å². The van der Waals surface area contributed by atoms with Crippen molar-refractivity contribution in [2.24, 2.45) is 0 Å². The fraction of sp³-hybridized carbons (Fsp3) is 0.174. The third kappa shape index (κ3) is 3.64. The number of methoxy groups -OCH3 is 1. The summed E-state index contributed by atoms with van der Waals surface area (Å²) in [5, 5.41) is 17.7. The smallest absolute Gasteiger partial charge is 0.339 e.